The molecule has 0 aliphatic heterocycles. The van der Waals surface area contributed by atoms with Gasteiger partial charge in [0, 0.05) is 7.11 Å². The zero-order chi connectivity index (χ0) is 18.2. The molecule has 5 heteroatoms. The van der Waals surface area contributed by atoms with Crippen LogP contribution in [0.4, 0.5) is 0 Å². The van der Waals surface area contributed by atoms with Gasteiger partial charge >= 0.3 is 5.97 Å². The number of ether oxygens (including phenoxy) is 2. The van der Waals surface area contributed by atoms with Crippen molar-refractivity contribution in [3.63, 3.8) is 0 Å². The van der Waals surface area contributed by atoms with Gasteiger partial charge in [-0.15, -0.1) is 0 Å². The molecule has 0 N–H and O–H groups in total. The van der Waals surface area contributed by atoms with E-state index in [4.69, 9.17) is 9.47 Å². The van der Waals surface area contributed by atoms with Gasteiger partial charge in [0.15, 0.2) is 13.0 Å². The molecule has 3 aromatic rings. The van der Waals surface area contributed by atoms with Gasteiger partial charge in [0.2, 0.25) is 0 Å². The van der Waals surface area contributed by atoms with Gasteiger partial charge in [-0.05, 0) is 36.4 Å². The standard InChI is InChI=1S/C22H22O3P.BrH/c1-24-18-25-22(23)17-26(19-11-5-2-6-12-19,20-13-7-3-8-14-20)21-15-9-4-10-16-21;/h2-16H,17-18H2,1H3;1H/q+1;/p-1. The number of methoxy groups -OCH3 is 1. The van der Waals surface area contributed by atoms with E-state index in [2.05, 4.69) is 36.4 Å². The fourth-order valence-electron chi connectivity index (χ4n) is 3.13. The highest BCUT2D eigenvalue weighted by Gasteiger charge is 2.47. The molecule has 0 saturated carbocycles. The first kappa shape index (κ1) is 21.3. The van der Waals surface area contributed by atoms with Crippen LogP contribution in [0.5, 0.6) is 0 Å². The van der Waals surface area contributed by atoms with Gasteiger partial charge in [-0.2, -0.15) is 0 Å². The van der Waals surface area contributed by atoms with Crippen molar-refractivity contribution in [3.8, 4) is 0 Å². The van der Waals surface area contributed by atoms with Crippen molar-refractivity contribution in [1.29, 1.82) is 0 Å². The Hall–Kier alpha value is -2.00. The molecule has 27 heavy (non-hydrogen) atoms. The van der Waals surface area contributed by atoms with Gasteiger partial charge in [-0.25, -0.2) is 4.79 Å². The third kappa shape index (κ3) is 4.84. The highest BCUT2D eigenvalue weighted by Crippen LogP contribution is 2.55. The number of halogens is 1. The molecule has 0 fully saturated rings. The van der Waals surface area contributed by atoms with Gasteiger partial charge in [0.1, 0.15) is 23.2 Å². The molecule has 0 unspecified atom stereocenters. The van der Waals surface area contributed by atoms with E-state index in [1.54, 1.807) is 0 Å². The molecule has 3 nitrogen and oxygen atoms in total. The Labute approximate surface area is 171 Å². The molecule has 0 atom stereocenters. The average Bonchev–Trinajstić information content (AvgIpc) is 2.72. The zero-order valence-electron chi connectivity index (χ0n) is 15.1. The van der Waals surface area contributed by atoms with E-state index in [1.165, 1.54) is 7.11 Å². The van der Waals surface area contributed by atoms with Crippen LogP contribution in [0.15, 0.2) is 91.0 Å². The van der Waals surface area contributed by atoms with Crippen molar-refractivity contribution >= 4 is 29.1 Å². The summed E-state index contributed by atoms with van der Waals surface area (Å²) in [5.41, 5.74) is 0. The molecular formula is C22H22BrO3P. The van der Waals surface area contributed by atoms with E-state index in [1.807, 2.05) is 54.6 Å². The van der Waals surface area contributed by atoms with E-state index in [9.17, 15) is 4.79 Å². The Morgan fingerprint density at radius 2 is 1.11 bits per heavy atom. The number of rotatable bonds is 7. The quantitative estimate of drug-likeness (QED) is 0.295. The first-order valence-electron chi connectivity index (χ1n) is 8.47. The highest BCUT2D eigenvalue weighted by atomic mass is 79.9. The summed E-state index contributed by atoms with van der Waals surface area (Å²) >= 11 is 0. The number of esters is 1. The third-order valence-corrected chi connectivity index (χ3v) is 8.57. The summed E-state index contributed by atoms with van der Waals surface area (Å²) in [6.45, 7) is -0.0306. The molecule has 140 valence electrons. The predicted octanol–water partition coefficient (Wildman–Crippen LogP) is 0.132. The minimum absolute atomic E-state index is 0. The molecule has 0 spiro atoms. The summed E-state index contributed by atoms with van der Waals surface area (Å²) in [7, 11) is -0.665. The summed E-state index contributed by atoms with van der Waals surface area (Å²) in [4.78, 5) is 12.7. The van der Waals surface area contributed by atoms with E-state index >= 15 is 0 Å². The SMILES string of the molecule is COCOC(=O)C[P+](c1ccccc1)(c1ccccc1)c1ccccc1.[Br-]. The van der Waals surface area contributed by atoms with Gasteiger partial charge in [-0.1, -0.05) is 54.6 Å². The second-order valence-electron chi connectivity index (χ2n) is 5.90. The lowest BCUT2D eigenvalue weighted by Crippen LogP contribution is -3.00. The summed E-state index contributed by atoms with van der Waals surface area (Å²) in [6.07, 6.45) is 0.300. The van der Waals surface area contributed by atoms with Crippen LogP contribution in [0.25, 0.3) is 0 Å². The lowest BCUT2D eigenvalue weighted by atomic mass is 10.4. The second kappa shape index (κ2) is 10.4. The Morgan fingerprint density at radius 1 is 0.741 bits per heavy atom. The lowest BCUT2D eigenvalue weighted by Gasteiger charge is -2.26. The summed E-state index contributed by atoms with van der Waals surface area (Å²) < 4.78 is 10.2. The number of carbonyl (C=O) groups is 1. The van der Waals surface area contributed by atoms with Crippen molar-refractivity contribution in [2.45, 2.75) is 0 Å². The van der Waals surface area contributed by atoms with Crippen LogP contribution in [-0.2, 0) is 14.3 Å². The topological polar surface area (TPSA) is 35.5 Å². The summed E-state index contributed by atoms with van der Waals surface area (Å²) in [6, 6.07) is 30.8. The number of benzene rings is 3. The molecule has 0 heterocycles. The van der Waals surface area contributed by atoms with Gasteiger partial charge < -0.3 is 26.5 Å². The lowest BCUT2D eigenvalue weighted by molar-refractivity contribution is -0.150. The van der Waals surface area contributed by atoms with Crippen LogP contribution in [0, 0.1) is 0 Å². The van der Waals surface area contributed by atoms with Crippen molar-refractivity contribution < 1.29 is 31.2 Å². The third-order valence-electron chi connectivity index (χ3n) is 4.29. The molecule has 0 bridgehead atoms. The predicted molar refractivity (Wildman–Crippen MR) is 108 cm³/mol. The highest BCUT2D eigenvalue weighted by molar-refractivity contribution is 7.96. The van der Waals surface area contributed by atoms with E-state index in [0.29, 0.717) is 6.16 Å². The first-order valence-corrected chi connectivity index (χ1v) is 10.4. The van der Waals surface area contributed by atoms with Crippen molar-refractivity contribution in [1.82, 2.24) is 0 Å². The number of hydrogen-bond acceptors (Lipinski definition) is 3. The molecule has 3 rings (SSSR count). The Kier molecular flexibility index (Phi) is 8.18. The largest absolute Gasteiger partial charge is 1.00 e. The maximum absolute atomic E-state index is 12.7. The zero-order valence-corrected chi connectivity index (χ0v) is 17.6. The maximum Gasteiger partial charge on any atom is 0.347 e. The van der Waals surface area contributed by atoms with Crippen LogP contribution in [0.1, 0.15) is 0 Å². The fourth-order valence-corrected chi connectivity index (χ4v) is 7.10. The summed E-state index contributed by atoms with van der Waals surface area (Å²) in [5, 5.41) is 3.48. The van der Waals surface area contributed by atoms with Crippen LogP contribution >= 0.6 is 7.26 Å². The molecule has 3 aromatic carbocycles. The fraction of sp³-hybridized carbons (Fsp3) is 0.136. The molecule has 0 radical (unpaired) electrons. The smallest absolute Gasteiger partial charge is 0.347 e. The maximum atomic E-state index is 12.7. The van der Waals surface area contributed by atoms with Crippen LogP contribution in [-0.4, -0.2) is 26.0 Å². The van der Waals surface area contributed by atoms with Gasteiger partial charge in [0.25, 0.3) is 0 Å². The molecular weight excluding hydrogens is 423 g/mol. The Morgan fingerprint density at radius 3 is 1.44 bits per heavy atom. The second-order valence-corrected chi connectivity index (χ2v) is 9.38. The number of carbonyl (C=O) groups excluding carboxylic acids is 1. The molecule has 0 aromatic heterocycles. The molecule has 0 aliphatic rings. The normalized spacial score (nSPS) is 10.7. The molecule has 0 aliphatic carbocycles. The van der Waals surface area contributed by atoms with Crippen LogP contribution in [0.3, 0.4) is 0 Å². The minimum atomic E-state index is -2.18. The van der Waals surface area contributed by atoms with E-state index in [-0.39, 0.29) is 29.7 Å². The summed E-state index contributed by atoms with van der Waals surface area (Å²) in [5.74, 6) is -0.253. The number of hydrogen-bond donors (Lipinski definition) is 0. The van der Waals surface area contributed by atoms with Crippen molar-refractivity contribution in [3.05, 3.63) is 91.0 Å². The van der Waals surface area contributed by atoms with E-state index < -0.39 is 7.26 Å². The van der Waals surface area contributed by atoms with Gasteiger partial charge in [-0.3, -0.25) is 0 Å². The monoisotopic (exact) mass is 444 g/mol. The van der Waals surface area contributed by atoms with Crippen LogP contribution in [0.2, 0.25) is 0 Å². The van der Waals surface area contributed by atoms with E-state index in [0.717, 1.165) is 15.9 Å². The van der Waals surface area contributed by atoms with Crippen molar-refractivity contribution in [2.75, 3.05) is 20.1 Å². The molecule has 0 amide bonds. The average molecular weight is 445 g/mol. The minimum Gasteiger partial charge on any atom is -1.00 e. The van der Waals surface area contributed by atoms with Gasteiger partial charge in [0.05, 0.1) is 0 Å². The first-order chi connectivity index (χ1) is 12.8. The Balaban J connectivity index is 0.00000261. The molecule has 0 saturated heterocycles. The van der Waals surface area contributed by atoms with Crippen LogP contribution < -0.4 is 32.9 Å². The Bertz CT molecular complexity index is 729. The van der Waals surface area contributed by atoms with Crippen molar-refractivity contribution in [2.24, 2.45) is 0 Å².